The van der Waals surface area contributed by atoms with Crippen LogP contribution in [0.5, 0.6) is 5.75 Å². The van der Waals surface area contributed by atoms with E-state index in [4.69, 9.17) is 21.4 Å². The van der Waals surface area contributed by atoms with Gasteiger partial charge in [0.2, 0.25) is 0 Å². The van der Waals surface area contributed by atoms with E-state index in [0.29, 0.717) is 10.8 Å². The quantitative estimate of drug-likeness (QED) is 0.784. The van der Waals surface area contributed by atoms with Crippen LogP contribution in [0.2, 0.25) is 5.02 Å². The summed E-state index contributed by atoms with van der Waals surface area (Å²) in [5, 5.41) is 9.29. The summed E-state index contributed by atoms with van der Waals surface area (Å²) in [7, 11) is 0. The van der Waals surface area contributed by atoms with Gasteiger partial charge in [-0.05, 0) is 19.1 Å². The van der Waals surface area contributed by atoms with Gasteiger partial charge in [-0.2, -0.15) is 0 Å². The Bertz CT molecular complexity index is 250. The minimum absolute atomic E-state index is 0.00871. The molecule has 0 amide bonds. The zero-order chi connectivity index (χ0) is 8.97. The van der Waals surface area contributed by atoms with Crippen molar-refractivity contribution in [1.29, 1.82) is 0 Å². The third-order valence-electron chi connectivity index (χ3n) is 1.42. The minimum atomic E-state index is -0.218. The first-order valence-electron chi connectivity index (χ1n) is 3.76. The lowest BCUT2D eigenvalue weighted by molar-refractivity contribution is 0.130. The van der Waals surface area contributed by atoms with Crippen molar-refractivity contribution >= 4 is 11.6 Å². The van der Waals surface area contributed by atoms with Gasteiger partial charge in [0, 0.05) is 0 Å². The lowest BCUT2D eigenvalue weighted by Gasteiger charge is -2.12. The van der Waals surface area contributed by atoms with Gasteiger partial charge in [0.15, 0.2) is 0 Å². The van der Waals surface area contributed by atoms with Crippen molar-refractivity contribution in [2.45, 2.75) is 13.0 Å². The van der Waals surface area contributed by atoms with E-state index >= 15 is 0 Å². The second-order valence-corrected chi connectivity index (χ2v) is 2.95. The highest BCUT2D eigenvalue weighted by Crippen LogP contribution is 2.23. The molecule has 2 nitrogen and oxygen atoms in total. The summed E-state index contributed by atoms with van der Waals surface area (Å²) in [4.78, 5) is 0. The molecule has 0 fully saturated rings. The van der Waals surface area contributed by atoms with Gasteiger partial charge in [0.25, 0.3) is 0 Å². The lowest BCUT2D eigenvalue weighted by atomic mass is 10.3. The molecule has 0 aliphatic carbocycles. The number of rotatable bonds is 3. The summed E-state index contributed by atoms with van der Waals surface area (Å²) in [5.41, 5.74) is 0. The molecule has 0 bridgehead atoms. The Morgan fingerprint density at radius 2 is 2.17 bits per heavy atom. The Labute approximate surface area is 76.7 Å². The Morgan fingerprint density at radius 1 is 1.50 bits per heavy atom. The molecule has 1 rings (SSSR count). The largest absolute Gasteiger partial charge is 0.487 e. The molecule has 0 aromatic heterocycles. The molecule has 1 N–H and O–H groups in total. The van der Waals surface area contributed by atoms with E-state index in [1.54, 1.807) is 19.1 Å². The van der Waals surface area contributed by atoms with Crippen molar-refractivity contribution < 1.29 is 9.84 Å². The molecule has 3 heteroatoms. The molecule has 0 unspecified atom stereocenters. The van der Waals surface area contributed by atoms with Crippen molar-refractivity contribution in [3.63, 3.8) is 0 Å². The molecule has 0 heterocycles. The van der Waals surface area contributed by atoms with Crippen LogP contribution in [0.25, 0.3) is 0 Å². The summed E-state index contributed by atoms with van der Waals surface area (Å²) in [6.45, 7) is 1.77. The van der Waals surface area contributed by atoms with Crippen LogP contribution in [0, 0.1) is 0 Å². The Morgan fingerprint density at radius 3 is 2.75 bits per heavy atom. The molecule has 1 aromatic carbocycles. The maximum Gasteiger partial charge on any atom is 0.138 e. The topological polar surface area (TPSA) is 29.5 Å². The number of aliphatic hydroxyl groups excluding tert-OH is 1. The molecule has 0 radical (unpaired) electrons. The average molecular weight is 187 g/mol. The second kappa shape index (κ2) is 4.33. The zero-order valence-electron chi connectivity index (χ0n) is 6.83. The van der Waals surface area contributed by atoms with Gasteiger partial charge in [-0.15, -0.1) is 0 Å². The highest BCUT2D eigenvalue weighted by atomic mass is 35.5. The molecule has 1 aromatic rings. The fourth-order valence-electron chi connectivity index (χ4n) is 0.794. The molecule has 0 aliphatic heterocycles. The summed E-state index contributed by atoms with van der Waals surface area (Å²) in [6.07, 6.45) is -0.218. The van der Waals surface area contributed by atoms with Gasteiger partial charge in [-0.1, -0.05) is 23.7 Å². The van der Waals surface area contributed by atoms with Gasteiger partial charge in [0.05, 0.1) is 11.6 Å². The zero-order valence-corrected chi connectivity index (χ0v) is 7.58. The minimum Gasteiger partial charge on any atom is -0.487 e. The third-order valence-corrected chi connectivity index (χ3v) is 1.73. The maximum atomic E-state index is 8.72. The van der Waals surface area contributed by atoms with Crippen LogP contribution in [-0.4, -0.2) is 17.8 Å². The van der Waals surface area contributed by atoms with Crippen LogP contribution in [0.15, 0.2) is 24.3 Å². The van der Waals surface area contributed by atoms with Gasteiger partial charge >= 0.3 is 0 Å². The van der Waals surface area contributed by atoms with E-state index in [1.807, 2.05) is 12.1 Å². The van der Waals surface area contributed by atoms with Crippen LogP contribution in [-0.2, 0) is 0 Å². The highest BCUT2D eigenvalue weighted by molar-refractivity contribution is 6.32. The van der Waals surface area contributed by atoms with E-state index in [-0.39, 0.29) is 12.7 Å². The van der Waals surface area contributed by atoms with E-state index < -0.39 is 0 Å². The Kier molecular flexibility index (Phi) is 3.38. The molecular weight excluding hydrogens is 176 g/mol. The van der Waals surface area contributed by atoms with Crippen molar-refractivity contribution in [3.05, 3.63) is 29.3 Å². The summed E-state index contributed by atoms with van der Waals surface area (Å²) >= 11 is 5.82. The highest BCUT2D eigenvalue weighted by Gasteiger charge is 2.04. The number of ether oxygens (including phenoxy) is 1. The van der Waals surface area contributed by atoms with Gasteiger partial charge in [-0.3, -0.25) is 0 Å². The first-order chi connectivity index (χ1) is 5.74. The number of hydrogen-bond acceptors (Lipinski definition) is 2. The predicted molar refractivity (Wildman–Crippen MR) is 48.6 cm³/mol. The molecule has 0 saturated heterocycles. The van der Waals surface area contributed by atoms with Crippen LogP contribution >= 0.6 is 11.6 Å². The van der Waals surface area contributed by atoms with E-state index in [0.717, 1.165) is 0 Å². The van der Waals surface area contributed by atoms with E-state index in [9.17, 15) is 0 Å². The Balaban J connectivity index is 2.69. The molecule has 12 heavy (non-hydrogen) atoms. The van der Waals surface area contributed by atoms with Crippen LogP contribution in [0.4, 0.5) is 0 Å². The third kappa shape index (κ3) is 2.40. The van der Waals surface area contributed by atoms with Crippen LogP contribution in [0.3, 0.4) is 0 Å². The number of aliphatic hydroxyl groups is 1. The van der Waals surface area contributed by atoms with Crippen molar-refractivity contribution in [1.82, 2.24) is 0 Å². The first-order valence-corrected chi connectivity index (χ1v) is 4.14. The molecule has 66 valence electrons. The summed E-state index contributed by atoms with van der Waals surface area (Å²) in [6, 6.07) is 7.19. The van der Waals surface area contributed by atoms with Gasteiger partial charge in [-0.25, -0.2) is 0 Å². The number of para-hydroxylation sites is 1. The van der Waals surface area contributed by atoms with E-state index in [2.05, 4.69) is 0 Å². The maximum absolute atomic E-state index is 8.72. The smallest absolute Gasteiger partial charge is 0.138 e. The second-order valence-electron chi connectivity index (χ2n) is 2.54. The fourth-order valence-corrected chi connectivity index (χ4v) is 0.975. The SMILES string of the molecule is C[C@@H](CO)Oc1ccccc1Cl. The monoisotopic (exact) mass is 186 g/mol. The van der Waals surface area contributed by atoms with Gasteiger partial charge < -0.3 is 9.84 Å². The molecule has 1 atom stereocenters. The van der Waals surface area contributed by atoms with Crippen molar-refractivity contribution in [3.8, 4) is 5.75 Å². The lowest BCUT2D eigenvalue weighted by Crippen LogP contribution is -2.16. The van der Waals surface area contributed by atoms with E-state index in [1.165, 1.54) is 0 Å². The first kappa shape index (κ1) is 9.36. The van der Waals surface area contributed by atoms with Crippen molar-refractivity contribution in [2.75, 3.05) is 6.61 Å². The molecular formula is C9H11ClO2. The predicted octanol–water partition coefficient (Wildman–Crippen LogP) is 2.10. The fraction of sp³-hybridized carbons (Fsp3) is 0.333. The summed E-state index contributed by atoms with van der Waals surface area (Å²) < 4.78 is 5.31. The molecule has 0 spiro atoms. The molecule has 0 aliphatic rings. The average Bonchev–Trinajstić information content (AvgIpc) is 2.09. The number of hydrogen-bond donors (Lipinski definition) is 1. The van der Waals surface area contributed by atoms with Gasteiger partial charge in [0.1, 0.15) is 11.9 Å². The summed E-state index contributed by atoms with van der Waals surface area (Å²) in [5.74, 6) is 0.612. The van der Waals surface area contributed by atoms with Crippen LogP contribution in [0.1, 0.15) is 6.92 Å². The Hall–Kier alpha value is -0.730. The van der Waals surface area contributed by atoms with Crippen LogP contribution < -0.4 is 4.74 Å². The molecule has 0 saturated carbocycles. The normalized spacial score (nSPS) is 12.6. The number of benzene rings is 1. The van der Waals surface area contributed by atoms with Crippen molar-refractivity contribution in [2.24, 2.45) is 0 Å². The standard InChI is InChI=1S/C9H11ClO2/c1-7(6-11)12-9-5-3-2-4-8(9)10/h2-5,7,11H,6H2,1H3/t7-/m0/s1. The number of halogens is 1.